The van der Waals surface area contributed by atoms with Crippen molar-refractivity contribution in [2.45, 2.75) is 0 Å². The van der Waals surface area contributed by atoms with Crippen LogP contribution < -0.4 is 0 Å². The molecule has 0 unspecified atom stereocenters. The van der Waals surface area contributed by atoms with Gasteiger partial charge in [0.25, 0.3) is 6.79 Å². The average Bonchev–Trinajstić information content (AvgIpc) is 1.91. The first-order chi connectivity index (χ1) is 3.81. The van der Waals surface area contributed by atoms with Gasteiger partial charge in [-0.25, -0.2) is 0 Å². The van der Waals surface area contributed by atoms with Gasteiger partial charge in [0.2, 0.25) is 0 Å². The van der Waals surface area contributed by atoms with Crippen LogP contribution in [0.3, 0.4) is 0 Å². The van der Waals surface area contributed by atoms with Crippen LogP contribution in [0.25, 0.3) is 0 Å². The van der Waals surface area contributed by atoms with Crippen LogP contribution in [0.2, 0.25) is 0 Å². The fourth-order valence-electron chi connectivity index (χ4n) is 0.0447. The van der Waals surface area contributed by atoms with Gasteiger partial charge >= 0.3 is 0 Å². The first-order valence-corrected chi connectivity index (χ1v) is 2.03. The Labute approximate surface area is 48.3 Å². The van der Waals surface area contributed by atoms with Gasteiger partial charge in [-0.3, -0.25) is 9.69 Å². The Morgan fingerprint density at radius 3 is 1.62 bits per heavy atom. The van der Waals surface area contributed by atoms with E-state index in [1.807, 2.05) is 0 Å². The van der Waals surface area contributed by atoms with Gasteiger partial charge in [-0.1, -0.05) is 0 Å². The number of aliphatic hydroxyl groups is 2. The van der Waals surface area contributed by atoms with Gasteiger partial charge in [-0.2, -0.15) is 0 Å². The highest BCUT2D eigenvalue weighted by atomic mass is 16.3. The summed E-state index contributed by atoms with van der Waals surface area (Å²) in [5.41, 5.74) is 0. The maximum atomic E-state index is 8.10. The Hall–Kier alpha value is -0.450. The van der Waals surface area contributed by atoms with Crippen molar-refractivity contribution >= 4 is 6.79 Å². The number of carbonyl (C=O) groups excluding carboxylic acids is 1. The van der Waals surface area contributed by atoms with E-state index in [1.54, 1.807) is 7.05 Å². The van der Waals surface area contributed by atoms with Crippen LogP contribution in [-0.4, -0.2) is 47.2 Å². The Balaban J connectivity index is 0. The number of nitrogens with zero attached hydrogens (tertiary/aromatic N) is 1. The largest absolute Gasteiger partial charge is 0.381 e. The minimum Gasteiger partial charge on any atom is -0.381 e. The zero-order chi connectivity index (χ0) is 6.99. The number of hydrogen-bond acceptors (Lipinski definition) is 3. The van der Waals surface area contributed by atoms with E-state index in [-0.39, 0.29) is 13.5 Å². The van der Waals surface area contributed by atoms with Crippen LogP contribution in [0.15, 0.2) is 0 Å². The van der Waals surface area contributed by atoms with Gasteiger partial charge in [0, 0.05) is 0 Å². The molecule has 4 nitrogen and oxygen atoms in total. The highest BCUT2D eigenvalue weighted by Gasteiger charge is 1.84. The summed E-state index contributed by atoms with van der Waals surface area (Å²) >= 11 is 0. The molecule has 0 rings (SSSR count). The smallest absolute Gasteiger partial charge is 0.270 e. The zero-order valence-electron chi connectivity index (χ0n) is 4.91. The van der Waals surface area contributed by atoms with Crippen LogP contribution in [0, 0.1) is 0 Å². The minimum absolute atomic E-state index is 0.0868. The molecule has 0 amide bonds. The number of hydrogen-bond donors (Lipinski definition) is 2. The monoisotopic (exact) mass is 122 g/mol. The molecule has 0 aromatic carbocycles. The van der Waals surface area contributed by atoms with Gasteiger partial charge < -0.3 is 10.2 Å². The molecule has 0 saturated heterocycles. The second kappa shape index (κ2) is 9.75. The molecular weight excluding hydrogens is 110 g/mol. The highest BCUT2D eigenvalue weighted by molar-refractivity contribution is 5.12. The molecule has 0 aromatic rings. The van der Waals surface area contributed by atoms with Crippen LogP contribution in [0.4, 0.5) is 0 Å². The molecule has 0 heterocycles. The van der Waals surface area contributed by atoms with Gasteiger partial charge in [-0.15, -0.1) is 0 Å². The molecular formula is C4H12NO3+. The summed E-state index contributed by atoms with van der Waals surface area (Å²) in [4.78, 5) is 8.11. The topological polar surface area (TPSA) is 65.1 Å². The van der Waals surface area contributed by atoms with Crippen LogP contribution in [0.5, 0.6) is 0 Å². The summed E-state index contributed by atoms with van der Waals surface area (Å²) in [7, 11) is 1.61. The first-order valence-electron chi connectivity index (χ1n) is 2.03. The van der Waals surface area contributed by atoms with Gasteiger partial charge in [0.05, 0.1) is 13.5 Å². The molecule has 8 heavy (non-hydrogen) atoms. The molecule has 4 heteroatoms. The predicted octanol–water partition coefficient (Wildman–Crippen LogP) is -1.39. The van der Waals surface area contributed by atoms with E-state index in [9.17, 15) is 0 Å². The fraction of sp³-hybridized carbons (Fsp3) is 0.750. The van der Waals surface area contributed by atoms with Gasteiger partial charge in [0.15, 0.2) is 0 Å². The van der Waals surface area contributed by atoms with Crippen molar-refractivity contribution in [1.29, 1.82) is 0 Å². The summed E-state index contributed by atoms with van der Waals surface area (Å²) < 4.78 is 0. The summed E-state index contributed by atoms with van der Waals surface area (Å²) in [5, 5.41) is 16.2. The molecule has 0 aliphatic heterocycles. The lowest BCUT2D eigenvalue weighted by atomic mass is 10.9. The van der Waals surface area contributed by atoms with E-state index in [0.717, 1.165) is 0 Å². The van der Waals surface area contributed by atoms with E-state index in [4.69, 9.17) is 15.0 Å². The van der Waals surface area contributed by atoms with E-state index in [1.165, 1.54) is 4.90 Å². The third kappa shape index (κ3) is 9.12. The molecule has 0 bridgehead atoms. The predicted molar refractivity (Wildman–Crippen MR) is 31.0 cm³/mol. The normalized spacial score (nSPS) is 8.00. The third-order valence-corrected chi connectivity index (χ3v) is 0.483. The average molecular weight is 122 g/mol. The van der Waals surface area contributed by atoms with Crippen molar-refractivity contribution in [3.05, 3.63) is 0 Å². The molecule has 0 aliphatic rings. The molecule has 0 fully saturated rings. The van der Waals surface area contributed by atoms with Crippen molar-refractivity contribution in [3.63, 3.8) is 0 Å². The minimum atomic E-state index is -0.0868. The molecule has 0 aliphatic carbocycles. The third-order valence-electron chi connectivity index (χ3n) is 0.483. The van der Waals surface area contributed by atoms with Crippen molar-refractivity contribution in [2.75, 3.05) is 20.5 Å². The molecule has 3 N–H and O–H groups in total. The molecule has 0 aromatic heterocycles. The lowest BCUT2D eigenvalue weighted by Crippen LogP contribution is -2.19. The number of aliphatic hydroxyl groups excluding tert-OH is 2. The molecule has 0 saturated carbocycles. The van der Waals surface area contributed by atoms with Crippen molar-refractivity contribution in [1.82, 2.24) is 4.90 Å². The van der Waals surface area contributed by atoms with E-state index >= 15 is 0 Å². The molecule has 0 radical (unpaired) electrons. The molecule has 0 atom stereocenters. The lowest BCUT2D eigenvalue weighted by molar-refractivity contribution is 0.0512. The Morgan fingerprint density at radius 2 is 1.62 bits per heavy atom. The number of rotatable bonds is 2. The van der Waals surface area contributed by atoms with E-state index in [2.05, 4.69) is 6.79 Å². The summed E-state index contributed by atoms with van der Waals surface area (Å²) in [6.07, 6.45) is 0. The second-order valence-corrected chi connectivity index (χ2v) is 1.14. The quantitative estimate of drug-likeness (QED) is 0.350. The Kier molecular flexibility index (Phi) is 12.8. The Bertz CT molecular complexity index is 38.3. The zero-order valence-corrected chi connectivity index (χ0v) is 4.91. The van der Waals surface area contributed by atoms with E-state index < -0.39 is 0 Å². The van der Waals surface area contributed by atoms with Crippen molar-refractivity contribution in [2.24, 2.45) is 0 Å². The maximum Gasteiger partial charge on any atom is 0.270 e. The van der Waals surface area contributed by atoms with Crippen molar-refractivity contribution < 1.29 is 15.0 Å². The van der Waals surface area contributed by atoms with Gasteiger partial charge in [-0.05, 0) is 7.05 Å². The molecule has 50 valence electrons. The second-order valence-electron chi connectivity index (χ2n) is 1.14. The van der Waals surface area contributed by atoms with E-state index in [0.29, 0.717) is 0 Å². The first kappa shape index (κ1) is 10.5. The summed E-state index contributed by atoms with van der Waals surface area (Å²) in [6.45, 7) is 2.08. The standard InChI is InChI=1S/C3H9NO2.CH2O/c1-4(2-5)3-6;1-2/h5-6H,2-3H2,1H3;1H2/p+1. The summed E-state index contributed by atoms with van der Waals surface area (Å²) in [6, 6.07) is 0. The van der Waals surface area contributed by atoms with Crippen molar-refractivity contribution in [3.8, 4) is 0 Å². The highest BCUT2D eigenvalue weighted by Crippen LogP contribution is 1.68. The maximum absolute atomic E-state index is 8.10. The fourth-order valence-corrected chi connectivity index (χ4v) is 0.0447. The Morgan fingerprint density at radius 1 is 1.38 bits per heavy atom. The van der Waals surface area contributed by atoms with Gasteiger partial charge in [0.1, 0.15) is 0 Å². The molecule has 0 spiro atoms. The SMILES string of the molecule is C=[OH+].CN(CO)CO. The van der Waals surface area contributed by atoms with Crippen LogP contribution in [-0.2, 0) is 0 Å². The lowest BCUT2D eigenvalue weighted by Gasteiger charge is -2.05. The summed E-state index contributed by atoms with van der Waals surface area (Å²) in [5.74, 6) is 0. The van der Waals surface area contributed by atoms with Crippen LogP contribution in [0.1, 0.15) is 0 Å². The van der Waals surface area contributed by atoms with Crippen LogP contribution >= 0.6 is 0 Å².